The number of nitrogens with zero attached hydrogens (tertiary/aromatic N) is 2. The van der Waals surface area contributed by atoms with Crippen molar-refractivity contribution < 1.29 is 4.57 Å². The fraction of sp³-hybridized carbons (Fsp3) is 0.395. The molecule has 0 amide bonds. The molecule has 5 rings (SSSR count). The van der Waals surface area contributed by atoms with Crippen molar-refractivity contribution in [3.63, 3.8) is 0 Å². The average Bonchev–Trinajstić information content (AvgIpc) is 3.20. The van der Waals surface area contributed by atoms with Gasteiger partial charge in [0.05, 0.1) is 12.5 Å². The van der Waals surface area contributed by atoms with Gasteiger partial charge in [0.25, 0.3) is 5.82 Å². The van der Waals surface area contributed by atoms with Gasteiger partial charge in [-0.2, -0.15) is 4.57 Å². The lowest BCUT2D eigenvalue weighted by Gasteiger charge is -2.24. The molecule has 0 N–H and O–H groups in total. The molecular formula is C38H47N2+. The summed E-state index contributed by atoms with van der Waals surface area (Å²) in [7, 11) is 2.24. The number of rotatable bonds is 4. The van der Waals surface area contributed by atoms with Crippen molar-refractivity contribution in [2.45, 2.75) is 91.9 Å². The van der Waals surface area contributed by atoms with E-state index in [1.54, 1.807) is 0 Å². The minimum absolute atomic E-state index is 0.0567. The van der Waals surface area contributed by atoms with E-state index in [0.29, 0.717) is 11.8 Å². The summed E-state index contributed by atoms with van der Waals surface area (Å²) in [6, 6.07) is 27.6. The molecule has 0 aliphatic carbocycles. The van der Waals surface area contributed by atoms with Gasteiger partial charge in [-0.3, -0.25) is 0 Å². The van der Waals surface area contributed by atoms with Gasteiger partial charge in [-0.25, -0.2) is 4.57 Å². The first-order valence-corrected chi connectivity index (χ1v) is 14.9. The van der Waals surface area contributed by atoms with Gasteiger partial charge >= 0.3 is 0 Å². The summed E-state index contributed by atoms with van der Waals surface area (Å²) >= 11 is 0. The lowest BCUT2D eigenvalue weighted by Crippen LogP contribution is -2.43. The molecule has 1 heterocycles. The molecule has 0 saturated carbocycles. The lowest BCUT2D eigenvalue weighted by atomic mass is 9.84. The van der Waals surface area contributed by atoms with E-state index in [0.717, 1.165) is 0 Å². The van der Waals surface area contributed by atoms with Gasteiger partial charge < -0.3 is 0 Å². The minimum atomic E-state index is -0.0567. The summed E-state index contributed by atoms with van der Waals surface area (Å²) in [5, 5.41) is 2.58. The monoisotopic (exact) mass is 531 g/mol. The first kappa shape index (κ1) is 28.1. The van der Waals surface area contributed by atoms with Crippen molar-refractivity contribution in [2.24, 2.45) is 7.05 Å². The molecule has 4 aromatic carbocycles. The Morgan fingerprint density at radius 2 is 1.23 bits per heavy atom. The molecule has 1 aromatic heterocycles. The SMILES string of the molecule is CC(C)c1cc(-c2ccc(C(C)(C)C)cc2)cc(C(C)C)c1-[n+]1c(C(C)(C)C)n(C)c2ccc3ccccc3c21. The number of fused-ring (bicyclic) bond motifs is 3. The molecular weight excluding hydrogens is 484 g/mol. The Kier molecular flexibility index (Phi) is 6.97. The van der Waals surface area contributed by atoms with Gasteiger partial charge in [-0.1, -0.05) is 90.9 Å². The Hall–Kier alpha value is -3.39. The second kappa shape index (κ2) is 9.91. The smallest absolute Gasteiger partial charge is 0.229 e. The Bertz CT molecular complexity index is 1670. The Labute approximate surface area is 241 Å². The third-order valence-corrected chi connectivity index (χ3v) is 8.39. The zero-order valence-electron chi connectivity index (χ0n) is 26.5. The molecule has 0 aliphatic heterocycles. The van der Waals surface area contributed by atoms with E-state index in [1.165, 1.54) is 61.1 Å². The highest BCUT2D eigenvalue weighted by molar-refractivity contribution is 6.02. The van der Waals surface area contributed by atoms with Crippen LogP contribution in [0.4, 0.5) is 0 Å². The van der Waals surface area contributed by atoms with Gasteiger partial charge in [0, 0.05) is 16.5 Å². The van der Waals surface area contributed by atoms with Gasteiger partial charge in [0.15, 0.2) is 11.0 Å². The maximum atomic E-state index is 2.62. The van der Waals surface area contributed by atoms with E-state index in [4.69, 9.17) is 0 Å². The molecule has 2 nitrogen and oxygen atoms in total. The molecule has 2 heteroatoms. The minimum Gasteiger partial charge on any atom is -0.229 e. The maximum absolute atomic E-state index is 2.62. The zero-order valence-corrected chi connectivity index (χ0v) is 26.5. The van der Waals surface area contributed by atoms with E-state index in [1.807, 2.05) is 0 Å². The van der Waals surface area contributed by atoms with Crippen LogP contribution in [0.5, 0.6) is 0 Å². The first-order valence-electron chi connectivity index (χ1n) is 14.9. The Morgan fingerprint density at radius 1 is 0.650 bits per heavy atom. The van der Waals surface area contributed by atoms with Gasteiger partial charge in [-0.15, -0.1) is 0 Å². The highest BCUT2D eigenvalue weighted by Crippen LogP contribution is 2.38. The van der Waals surface area contributed by atoms with Crippen LogP contribution in [0.15, 0.2) is 72.8 Å². The van der Waals surface area contributed by atoms with E-state index in [9.17, 15) is 0 Å². The van der Waals surface area contributed by atoms with Crippen LogP contribution in [-0.2, 0) is 17.9 Å². The van der Waals surface area contributed by atoms with Crippen LogP contribution in [-0.4, -0.2) is 4.57 Å². The van der Waals surface area contributed by atoms with Crippen molar-refractivity contribution in [2.75, 3.05) is 0 Å². The summed E-state index contributed by atoms with van der Waals surface area (Å²) < 4.78 is 5.05. The molecule has 208 valence electrons. The summed E-state index contributed by atoms with van der Waals surface area (Å²) in [6.07, 6.45) is 0. The van der Waals surface area contributed by atoms with Crippen LogP contribution in [0.3, 0.4) is 0 Å². The number of hydrogen-bond donors (Lipinski definition) is 0. The molecule has 0 fully saturated rings. The highest BCUT2D eigenvalue weighted by atomic mass is 15.2. The number of imidazole rings is 1. The summed E-state index contributed by atoms with van der Waals surface area (Å²) in [5.74, 6) is 2.06. The van der Waals surface area contributed by atoms with Crippen LogP contribution in [0.1, 0.15) is 104 Å². The Morgan fingerprint density at radius 3 is 1.75 bits per heavy atom. The van der Waals surface area contributed by atoms with Crippen molar-refractivity contribution in [3.05, 3.63) is 95.3 Å². The van der Waals surface area contributed by atoms with Crippen LogP contribution in [0, 0.1) is 0 Å². The zero-order chi connectivity index (χ0) is 29.1. The fourth-order valence-electron chi connectivity index (χ4n) is 6.32. The van der Waals surface area contributed by atoms with Crippen LogP contribution in [0.25, 0.3) is 38.6 Å². The molecule has 0 saturated heterocycles. The third kappa shape index (κ3) is 4.76. The molecule has 0 atom stereocenters. The second-order valence-corrected chi connectivity index (χ2v) is 14.3. The molecule has 40 heavy (non-hydrogen) atoms. The average molecular weight is 532 g/mol. The summed E-state index contributed by atoms with van der Waals surface area (Å²) in [6.45, 7) is 23.2. The van der Waals surface area contributed by atoms with E-state index in [2.05, 4.69) is 158 Å². The summed E-state index contributed by atoms with van der Waals surface area (Å²) in [4.78, 5) is 0. The van der Waals surface area contributed by atoms with Crippen LogP contribution >= 0.6 is 0 Å². The number of benzene rings is 4. The summed E-state index contributed by atoms with van der Waals surface area (Å²) in [5.41, 5.74) is 10.8. The predicted molar refractivity (Wildman–Crippen MR) is 173 cm³/mol. The number of aryl methyl sites for hydroxylation is 1. The van der Waals surface area contributed by atoms with Gasteiger partial charge in [-0.05, 0) is 90.4 Å². The highest BCUT2D eigenvalue weighted by Gasteiger charge is 2.37. The van der Waals surface area contributed by atoms with Gasteiger partial charge in [0.1, 0.15) is 5.69 Å². The third-order valence-electron chi connectivity index (χ3n) is 8.39. The lowest BCUT2D eigenvalue weighted by molar-refractivity contribution is -0.582. The van der Waals surface area contributed by atoms with E-state index >= 15 is 0 Å². The van der Waals surface area contributed by atoms with E-state index < -0.39 is 0 Å². The van der Waals surface area contributed by atoms with Crippen LogP contribution in [0.2, 0.25) is 0 Å². The molecule has 0 aliphatic rings. The van der Waals surface area contributed by atoms with Crippen molar-refractivity contribution in [3.8, 4) is 16.8 Å². The van der Waals surface area contributed by atoms with Crippen molar-refractivity contribution >= 4 is 21.8 Å². The number of aromatic nitrogens is 2. The predicted octanol–water partition coefficient (Wildman–Crippen LogP) is 10.1. The topological polar surface area (TPSA) is 8.81 Å². The molecule has 0 bridgehead atoms. The Balaban J connectivity index is 1.91. The molecule has 0 spiro atoms. The quantitative estimate of drug-likeness (QED) is 0.204. The number of hydrogen-bond acceptors (Lipinski definition) is 0. The molecule has 0 radical (unpaired) electrons. The largest absolute Gasteiger partial charge is 0.267 e. The van der Waals surface area contributed by atoms with Gasteiger partial charge in [0.2, 0.25) is 0 Å². The normalized spacial score (nSPS) is 12.8. The van der Waals surface area contributed by atoms with Crippen molar-refractivity contribution in [1.82, 2.24) is 4.57 Å². The second-order valence-electron chi connectivity index (χ2n) is 14.3. The fourth-order valence-corrected chi connectivity index (χ4v) is 6.32. The molecule has 5 aromatic rings. The van der Waals surface area contributed by atoms with Crippen molar-refractivity contribution in [1.29, 1.82) is 0 Å². The maximum Gasteiger partial charge on any atom is 0.267 e. The van der Waals surface area contributed by atoms with E-state index in [-0.39, 0.29) is 10.8 Å². The standard InChI is InChI=1S/C38H47N2/c1-24(2)31-22-28(26-16-19-29(20-17-26)37(5,6)7)23-32(25(3)4)34(31)40-35-30-15-13-12-14-27(30)18-21-33(35)39(11)36(40)38(8,9)10/h12-25H,1-11H3/q+1. The first-order chi connectivity index (χ1) is 18.7. The molecule has 0 unspecified atom stereocenters. The van der Waals surface area contributed by atoms with Crippen LogP contribution < -0.4 is 4.57 Å².